The average Bonchev–Trinajstić information content (AvgIpc) is 3.44. The van der Waals surface area contributed by atoms with Crippen LogP contribution in [0, 0.1) is 0 Å². The first-order valence-corrected chi connectivity index (χ1v) is 11.4. The van der Waals surface area contributed by atoms with Gasteiger partial charge in [0.1, 0.15) is 4.70 Å². The molecule has 5 rings (SSSR count). The summed E-state index contributed by atoms with van der Waals surface area (Å²) in [5.74, 6) is 0.547. The molecule has 29 heavy (non-hydrogen) atoms. The Labute approximate surface area is 174 Å². The molecule has 3 aromatic heterocycles. The van der Waals surface area contributed by atoms with E-state index in [0.29, 0.717) is 29.1 Å². The van der Waals surface area contributed by atoms with E-state index in [2.05, 4.69) is 15.3 Å². The van der Waals surface area contributed by atoms with E-state index in [-0.39, 0.29) is 29.5 Å². The van der Waals surface area contributed by atoms with Crippen molar-refractivity contribution in [2.24, 2.45) is 0 Å². The average molecular weight is 430 g/mol. The molecule has 1 aliphatic heterocycles. The minimum absolute atomic E-state index is 0.0205. The number of aryl methyl sites for hydroxylation is 1. The Hall–Kier alpha value is -2.46. The summed E-state index contributed by atoms with van der Waals surface area (Å²) >= 11 is 2.91. The summed E-state index contributed by atoms with van der Waals surface area (Å²) in [6, 6.07) is 1.64. The van der Waals surface area contributed by atoms with Crippen LogP contribution < -0.4 is 16.4 Å². The van der Waals surface area contributed by atoms with Crippen molar-refractivity contribution < 1.29 is 4.79 Å². The number of hydrogen-bond donors (Lipinski definition) is 1. The third-order valence-corrected chi connectivity index (χ3v) is 7.39. The number of fused-ring (bicyclic) bond motifs is 3. The van der Waals surface area contributed by atoms with Gasteiger partial charge < -0.3 is 5.32 Å². The lowest BCUT2D eigenvalue weighted by Crippen LogP contribution is -2.34. The first-order chi connectivity index (χ1) is 14.1. The van der Waals surface area contributed by atoms with Crippen LogP contribution in [0.2, 0.25) is 0 Å². The summed E-state index contributed by atoms with van der Waals surface area (Å²) in [5, 5.41) is 5.44. The van der Waals surface area contributed by atoms with Gasteiger partial charge in [-0.2, -0.15) is 0 Å². The highest BCUT2D eigenvalue weighted by atomic mass is 32.2. The van der Waals surface area contributed by atoms with Crippen LogP contribution in [-0.2, 0) is 24.2 Å². The molecular weight excluding hydrogens is 410 g/mol. The third-order valence-electron chi connectivity index (χ3n) is 5.40. The highest BCUT2D eigenvalue weighted by molar-refractivity contribution is 7.99. The Bertz CT molecular complexity index is 1230. The van der Waals surface area contributed by atoms with Gasteiger partial charge in [0, 0.05) is 30.8 Å². The number of amides is 1. The number of thioether (sulfide) groups is 1. The van der Waals surface area contributed by atoms with E-state index in [0.717, 1.165) is 35.7 Å². The summed E-state index contributed by atoms with van der Waals surface area (Å²) < 4.78 is 3.84. The molecule has 1 atom stereocenters. The number of nitrogens with zero attached hydrogens (tertiary/aromatic N) is 4. The van der Waals surface area contributed by atoms with Crippen LogP contribution in [0.4, 0.5) is 0 Å². The Balaban J connectivity index is 1.23. The molecule has 0 saturated carbocycles. The van der Waals surface area contributed by atoms with Crippen molar-refractivity contribution >= 4 is 39.2 Å². The SMILES string of the molecule is O=C(C[C@H]1CSc2nc3c(c(=O)n21)CCC3)NCCn1cnc2ccsc2c1=O. The summed E-state index contributed by atoms with van der Waals surface area (Å²) in [4.78, 5) is 46.5. The zero-order valence-corrected chi connectivity index (χ0v) is 17.2. The monoisotopic (exact) mass is 429 g/mol. The zero-order valence-electron chi connectivity index (χ0n) is 15.6. The molecule has 0 radical (unpaired) electrons. The molecule has 4 heterocycles. The van der Waals surface area contributed by atoms with Crippen LogP contribution in [0.5, 0.6) is 0 Å². The van der Waals surface area contributed by atoms with Crippen molar-refractivity contribution in [2.45, 2.75) is 43.4 Å². The van der Waals surface area contributed by atoms with Gasteiger partial charge in [0.05, 0.1) is 23.6 Å². The summed E-state index contributed by atoms with van der Waals surface area (Å²) in [6.45, 7) is 0.692. The fourth-order valence-corrected chi connectivity index (χ4v) is 5.89. The lowest BCUT2D eigenvalue weighted by atomic mass is 10.2. The van der Waals surface area contributed by atoms with Crippen molar-refractivity contribution in [1.82, 2.24) is 24.4 Å². The predicted octanol–water partition coefficient (Wildman–Crippen LogP) is 1.36. The number of nitrogens with one attached hydrogen (secondary N) is 1. The molecule has 150 valence electrons. The second-order valence-electron chi connectivity index (χ2n) is 7.25. The van der Waals surface area contributed by atoms with Crippen molar-refractivity contribution in [1.29, 1.82) is 0 Å². The predicted molar refractivity (Wildman–Crippen MR) is 112 cm³/mol. The van der Waals surface area contributed by atoms with Gasteiger partial charge >= 0.3 is 0 Å². The zero-order chi connectivity index (χ0) is 20.0. The van der Waals surface area contributed by atoms with Gasteiger partial charge in [0.2, 0.25) is 5.91 Å². The number of hydrogen-bond acceptors (Lipinski definition) is 7. The van der Waals surface area contributed by atoms with Gasteiger partial charge in [-0.25, -0.2) is 9.97 Å². The molecule has 1 aliphatic carbocycles. The minimum Gasteiger partial charge on any atom is -0.354 e. The van der Waals surface area contributed by atoms with E-state index >= 15 is 0 Å². The number of aromatic nitrogens is 4. The van der Waals surface area contributed by atoms with E-state index in [1.165, 1.54) is 22.2 Å². The summed E-state index contributed by atoms with van der Waals surface area (Å²) in [7, 11) is 0. The molecule has 1 amide bonds. The molecular formula is C19H19N5O3S2. The molecule has 0 fully saturated rings. The maximum Gasteiger partial charge on any atom is 0.271 e. The molecule has 0 unspecified atom stereocenters. The Morgan fingerprint density at radius 3 is 3.07 bits per heavy atom. The molecule has 8 nitrogen and oxygen atoms in total. The van der Waals surface area contributed by atoms with Crippen LogP contribution in [0.3, 0.4) is 0 Å². The van der Waals surface area contributed by atoms with Gasteiger partial charge in [0.15, 0.2) is 5.16 Å². The quantitative estimate of drug-likeness (QED) is 0.615. The maximum atomic E-state index is 12.8. The van der Waals surface area contributed by atoms with Gasteiger partial charge in [0.25, 0.3) is 11.1 Å². The smallest absolute Gasteiger partial charge is 0.271 e. The van der Waals surface area contributed by atoms with Crippen LogP contribution >= 0.6 is 23.1 Å². The molecule has 10 heteroatoms. The summed E-state index contributed by atoms with van der Waals surface area (Å²) in [6.07, 6.45) is 4.37. The van der Waals surface area contributed by atoms with E-state index in [1.54, 1.807) is 16.3 Å². The van der Waals surface area contributed by atoms with Gasteiger partial charge in [-0.05, 0) is 30.7 Å². The summed E-state index contributed by atoms with van der Waals surface area (Å²) in [5.41, 5.74) is 2.38. The van der Waals surface area contributed by atoms with E-state index in [1.807, 2.05) is 11.4 Å². The normalized spacial score (nSPS) is 17.4. The standard InChI is InChI=1S/C19H19N5O3S2/c25-15(20-5-6-23-10-21-14-4-7-28-16(14)18(23)27)8-11-9-29-19-22-13-3-1-2-12(13)17(26)24(11)19/h4,7,10-11H,1-3,5-6,8-9H2,(H,20,25)/t11-/m0/s1. The lowest BCUT2D eigenvalue weighted by Gasteiger charge is -2.14. The molecule has 0 bridgehead atoms. The highest BCUT2D eigenvalue weighted by Gasteiger charge is 2.31. The Morgan fingerprint density at radius 1 is 1.28 bits per heavy atom. The number of thiophene rings is 1. The van der Waals surface area contributed by atoms with Gasteiger partial charge in [-0.1, -0.05) is 11.8 Å². The second-order valence-corrected chi connectivity index (χ2v) is 9.15. The van der Waals surface area contributed by atoms with Gasteiger partial charge in [-0.3, -0.25) is 23.5 Å². The van der Waals surface area contributed by atoms with Crippen molar-refractivity contribution in [3.8, 4) is 0 Å². The molecule has 0 aromatic carbocycles. The Morgan fingerprint density at radius 2 is 2.17 bits per heavy atom. The van der Waals surface area contributed by atoms with Crippen molar-refractivity contribution in [3.05, 3.63) is 49.7 Å². The van der Waals surface area contributed by atoms with E-state index in [4.69, 9.17) is 0 Å². The largest absolute Gasteiger partial charge is 0.354 e. The number of rotatable bonds is 5. The third kappa shape index (κ3) is 3.29. The lowest BCUT2D eigenvalue weighted by molar-refractivity contribution is -0.121. The highest BCUT2D eigenvalue weighted by Crippen LogP contribution is 2.33. The van der Waals surface area contributed by atoms with Gasteiger partial charge in [-0.15, -0.1) is 11.3 Å². The van der Waals surface area contributed by atoms with Crippen LogP contribution in [-0.4, -0.2) is 37.3 Å². The van der Waals surface area contributed by atoms with Crippen LogP contribution in [0.15, 0.2) is 32.5 Å². The fourth-order valence-electron chi connectivity index (χ4n) is 3.94. The topological polar surface area (TPSA) is 98.9 Å². The number of carbonyl (C=O) groups is 1. The Kier molecular flexibility index (Phi) is 4.75. The molecule has 1 N–H and O–H groups in total. The fraction of sp³-hybridized carbons (Fsp3) is 0.421. The molecule has 2 aliphatic rings. The minimum atomic E-state index is -0.173. The molecule has 0 saturated heterocycles. The first kappa shape index (κ1) is 18.6. The van der Waals surface area contributed by atoms with Crippen molar-refractivity contribution in [3.63, 3.8) is 0 Å². The van der Waals surface area contributed by atoms with E-state index in [9.17, 15) is 14.4 Å². The molecule has 0 spiro atoms. The van der Waals surface area contributed by atoms with Crippen LogP contribution in [0.25, 0.3) is 10.2 Å². The van der Waals surface area contributed by atoms with Crippen molar-refractivity contribution in [2.75, 3.05) is 12.3 Å². The van der Waals surface area contributed by atoms with Crippen LogP contribution in [0.1, 0.15) is 30.1 Å². The van der Waals surface area contributed by atoms with E-state index < -0.39 is 0 Å². The maximum absolute atomic E-state index is 12.8. The second kappa shape index (κ2) is 7.42. The molecule has 3 aromatic rings. The first-order valence-electron chi connectivity index (χ1n) is 9.58. The number of carbonyl (C=O) groups excluding carboxylic acids is 1.